The fraction of sp³-hybridized carbons (Fsp3) is 0.158. The van der Waals surface area contributed by atoms with Gasteiger partial charge in [-0.3, -0.25) is 19.3 Å². The van der Waals surface area contributed by atoms with E-state index < -0.39 is 15.3 Å². The van der Waals surface area contributed by atoms with Gasteiger partial charge in [-0.15, -0.1) is 0 Å². The van der Waals surface area contributed by atoms with Crippen molar-refractivity contribution in [1.29, 1.82) is 0 Å². The van der Waals surface area contributed by atoms with Crippen LogP contribution >= 0.6 is 0 Å². The van der Waals surface area contributed by atoms with Crippen molar-refractivity contribution in [2.24, 2.45) is 0 Å². The number of aromatic nitrogens is 6. The van der Waals surface area contributed by atoms with E-state index >= 15 is 0 Å². The summed E-state index contributed by atoms with van der Waals surface area (Å²) in [6.07, 6.45) is 8.50. The average Bonchev–Trinajstić information content (AvgIpc) is 3.49. The molecule has 0 bridgehead atoms. The van der Waals surface area contributed by atoms with Crippen LogP contribution in [0.2, 0.25) is 0 Å². The molecule has 0 spiro atoms. The van der Waals surface area contributed by atoms with Gasteiger partial charge in [-0.25, -0.2) is 0 Å². The van der Waals surface area contributed by atoms with E-state index in [1.807, 2.05) is 70.3 Å². The molecule has 4 aromatic heterocycles. The molecule has 0 saturated heterocycles. The molecule has 0 radical (unpaired) electrons. The van der Waals surface area contributed by atoms with Crippen molar-refractivity contribution in [1.82, 2.24) is 29.5 Å². The van der Waals surface area contributed by atoms with Crippen LogP contribution in [0, 0.1) is 95.3 Å². The van der Waals surface area contributed by atoms with Crippen molar-refractivity contribution in [3.63, 3.8) is 0 Å². The molecule has 0 aliphatic carbocycles. The average molecular weight is 687 g/mol. The number of rotatable bonds is 6. The first-order chi connectivity index (χ1) is 17.6. The fourth-order valence-corrected chi connectivity index (χ4v) is 2.67. The van der Waals surface area contributed by atoms with Crippen LogP contribution in [0.4, 0.5) is 0 Å². The summed E-state index contributed by atoms with van der Waals surface area (Å²) < 4.78 is 3.90. The molecule has 0 atom stereocenters. The Morgan fingerprint density at radius 3 is 1.21 bits per heavy atom. The summed E-state index contributed by atoms with van der Waals surface area (Å²) in [5.41, 5.74) is 3.59. The number of hydrogen-bond donors (Lipinski definition) is 0. The minimum absolute atomic E-state index is 0. The fourth-order valence-electron chi connectivity index (χ4n) is 2.67. The van der Waals surface area contributed by atoms with E-state index in [1.54, 1.807) is 12.4 Å². The Kier molecular flexibility index (Phi) is 19.8. The van der Waals surface area contributed by atoms with E-state index in [9.17, 15) is 0 Å². The molecule has 4 aromatic rings. The molecule has 0 aliphatic heterocycles. The van der Waals surface area contributed by atoms with Gasteiger partial charge >= 0.3 is 49.4 Å². The largest absolute Gasteiger partial charge is 3.00 e. The zero-order chi connectivity index (χ0) is 27.6. The molecule has 4 heterocycles. The Balaban J connectivity index is 0. The van der Waals surface area contributed by atoms with Gasteiger partial charge in [0, 0.05) is 37.9 Å². The summed E-state index contributed by atoms with van der Waals surface area (Å²) in [7, 11) is 0. The molecule has 3 N–H and O–H groups in total. The molecular formula is C19H21EuN9O10+. The molecule has 4 rings (SSSR count). The van der Waals surface area contributed by atoms with Crippen LogP contribution < -0.4 is 0 Å². The predicted molar refractivity (Wildman–Crippen MR) is 131 cm³/mol. The van der Waals surface area contributed by atoms with Gasteiger partial charge in [0.05, 0.1) is 26.6 Å². The van der Waals surface area contributed by atoms with Crippen molar-refractivity contribution in [2.45, 2.75) is 19.5 Å². The van der Waals surface area contributed by atoms with Gasteiger partial charge in [0.15, 0.2) is 0 Å². The molecule has 0 amide bonds. The third kappa shape index (κ3) is 17.9. The number of aryl methyl sites for hydroxylation is 2. The molecule has 0 unspecified atom stereocenters. The summed E-state index contributed by atoms with van der Waals surface area (Å²) >= 11 is 0. The van der Waals surface area contributed by atoms with Gasteiger partial charge in [-0.1, -0.05) is 12.1 Å². The first-order valence-corrected chi connectivity index (χ1v) is 9.92. The van der Waals surface area contributed by atoms with Gasteiger partial charge in [0.1, 0.15) is 11.4 Å². The van der Waals surface area contributed by atoms with Crippen LogP contribution in [0.15, 0.2) is 73.3 Å². The maximum absolute atomic E-state index is 8.25. The van der Waals surface area contributed by atoms with Crippen LogP contribution in [-0.2, 0) is 18.6 Å². The summed E-state index contributed by atoms with van der Waals surface area (Å²) in [6.45, 7) is 1.68. The standard InChI is InChI=1S/C19H18N6.Eu.3NO3.H2O/c1-3-10-20-16(6-1)18-8-14-24(22-18)12-5-13-25-15-9-19(23-25)17-7-2-4-11-21-17;;3*2-1(3)4;/h1-4,6-11,14-15H,5,12-13H2;;;;;1H2/q;+3;3*-1;/p+1. The van der Waals surface area contributed by atoms with Crippen LogP contribution in [0.3, 0.4) is 0 Å². The second-order valence-corrected chi connectivity index (χ2v) is 6.38. The Morgan fingerprint density at radius 2 is 0.923 bits per heavy atom. The van der Waals surface area contributed by atoms with Crippen molar-refractivity contribution in [3.05, 3.63) is 119 Å². The summed E-state index contributed by atoms with van der Waals surface area (Å²) in [5.74, 6) is 0. The number of nitrogens with zero attached hydrogens (tertiary/aromatic N) is 9. The smallest absolute Gasteiger partial charge is 0.457 e. The van der Waals surface area contributed by atoms with Gasteiger partial charge in [0.2, 0.25) is 0 Å². The van der Waals surface area contributed by atoms with E-state index in [4.69, 9.17) is 46.0 Å². The van der Waals surface area contributed by atoms with Crippen molar-refractivity contribution < 1.29 is 70.1 Å². The molecule has 0 aliphatic rings. The minimum atomic E-state index is -1.75. The Labute approximate surface area is 259 Å². The third-order valence-electron chi connectivity index (χ3n) is 3.91. The summed E-state index contributed by atoms with van der Waals surface area (Å²) in [5, 5.41) is 53.4. The summed E-state index contributed by atoms with van der Waals surface area (Å²) in [6, 6.07) is 15.7. The third-order valence-corrected chi connectivity index (χ3v) is 3.91. The van der Waals surface area contributed by atoms with Crippen molar-refractivity contribution >= 4 is 0 Å². The van der Waals surface area contributed by atoms with E-state index in [2.05, 4.69) is 20.2 Å². The van der Waals surface area contributed by atoms with E-state index in [1.165, 1.54) is 0 Å². The molecule has 0 aromatic carbocycles. The maximum Gasteiger partial charge on any atom is 3.00 e. The maximum atomic E-state index is 8.25. The zero-order valence-corrected chi connectivity index (χ0v) is 22.1. The summed E-state index contributed by atoms with van der Waals surface area (Å²) in [4.78, 5) is 33.4. The second kappa shape index (κ2) is 20.9. The van der Waals surface area contributed by atoms with Crippen molar-refractivity contribution in [3.8, 4) is 22.8 Å². The molecule has 208 valence electrons. The van der Waals surface area contributed by atoms with Crippen molar-refractivity contribution in [2.75, 3.05) is 0 Å². The Hall–Kier alpha value is -4.14. The molecule has 19 nitrogen and oxygen atoms in total. The first kappa shape index (κ1) is 37.0. The molecule has 39 heavy (non-hydrogen) atoms. The van der Waals surface area contributed by atoms with Crippen LogP contribution in [0.1, 0.15) is 6.42 Å². The quantitative estimate of drug-likeness (QED) is 0.158. The van der Waals surface area contributed by atoms with E-state index in [-0.39, 0.29) is 54.9 Å². The Morgan fingerprint density at radius 1 is 0.590 bits per heavy atom. The normalized spacial score (nSPS) is 8.82. The van der Waals surface area contributed by atoms with Gasteiger partial charge < -0.3 is 51.4 Å². The molecular weight excluding hydrogens is 666 g/mol. The molecule has 0 saturated carbocycles. The molecule has 0 fully saturated rings. The van der Waals surface area contributed by atoms with Crippen LogP contribution in [0.25, 0.3) is 22.8 Å². The van der Waals surface area contributed by atoms with E-state index in [0.29, 0.717) is 0 Å². The van der Waals surface area contributed by atoms with Crippen LogP contribution in [-0.4, -0.2) is 44.8 Å². The Bertz CT molecular complexity index is 1120. The van der Waals surface area contributed by atoms with Gasteiger partial charge in [0.25, 0.3) is 0 Å². The van der Waals surface area contributed by atoms with Gasteiger partial charge in [-0.05, 0) is 42.8 Å². The molecule has 20 heteroatoms. The first-order valence-electron chi connectivity index (χ1n) is 9.92. The number of pyridine rings is 2. The predicted octanol–water partition coefficient (Wildman–Crippen LogP) is 1.65. The zero-order valence-electron chi connectivity index (χ0n) is 19.7. The monoisotopic (exact) mass is 688 g/mol. The topological polar surface area (TPSA) is 293 Å². The number of hydrogen-bond acceptors (Lipinski definition) is 13. The minimum Gasteiger partial charge on any atom is -0.457 e. The SMILES string of the molecule is O=[N+]([O-])[O-].O=[N+]([O-])[O-].O=[N+]([O-])[O-].[Eu+3].[OH3+].c1ccc(-c2ccn(CCCn3ccc(-c4ccccn4)n3)n2)nc1. The van der Waals surface area contributed by atoms with Crippen LogP contribution in [0.5, 0.6) is 0 Å². The van der Waals surface area contributed by atoms with E-state index in [0.717, 1.165) is 42.3 Å². The second-order valence-electron chi connectivity index (χ2n) is 6.38. The van der Waals surface area contributed by atoms with Gasteiger partial charge in [-0.2, -0.15) is 10.2 Å².